The number of nitrogens with one attached hydrogen (secondary N) is 1. The predicted octanol–water partition coefficient (Wildman–Crippen LogP) is 2.73. The van der Waals surface area contributed by atoms with Crippen molar-refractivity contribution < 1.29 is 9.18 Å². The van der Waals surface area contributed by atoms with Crippen LogP contribution in [0.5, 0.6) is 0 Å². The number of nitrogens with two attached hydrogens (primary N) is 1. The number of benzene rings is 1. The molecule has 1 saturated heterocycles. The molecule has 4 nitrogen and oxygen atoms in total. The number of carbonyl (C=O) groups excluding carboxylic acids is 1. The van der Waals surface area contributed by atoms with Crippen molar-refractivity contribution in [2.45, 2.75) is 33.2 Å². The second kappa shape index (κ2) is 8.79. The summed E-state index contributed by atoms with van der Waals surface area (Å²) in [5, 5.41) is 3.09. The molecule has 24 heavy (non-hydrogen) atoms. The van der Waals surface area contributed by atoms with Gasteiger partial charge >= 0.3 is 0 Å². The Balaban J connectivity index is 0.00000288. The van der Waals surface area contributed by atoms with Gasteiger partial charge in [0, 0.05) is 6.54 Å². The van der Waals surface area contributed by atoms with E-state index in [1.54, 1.807) is 12.1 Å². The topological polar surface area (TPSA) is 58.4 Å². The van der Waals surface area contributed by atoms with Gasteiger partial charge in [-0.15, -0.1) is 12.4 Å². The van der Waals surface area contributed by atoms with Crippen LogP contribution in [0.2, 0.25) is 0 Å². The average molecular weight is 358 g/mol. The summed E-state index contributed by atoms with van der Waals surface area (Å²) in [6, 6.07) is 6.24. The molecule has 1 fully saturated rings. The molecule has 1 aromatic rings. The van der Waals surface area contributed by atoms with Gasteiger partial charge in [-0.3, -0.25) is 9.69 Å². The van der Waals surface area contributed by atoms with Gasteiger partial charge in [0.15, 0.2) is 0 Å². The lowest BCUT2D eigenvalue weighted by Gasteiger charge is -2.25. The Morgan fingerprint density at radius 2 is 2.00 bits per heavy atom. The molecule has 3 N–H and O–H groups in total. The number of carbonyl (C=O) groups is 1. The second-order valence-electron chi connectivity index (χ2n) is 7.32. The molecule has 0 spiro atoms. The molecule has 1 aliphatic heterocycles. The minimum Gasteiger partial charge on any atom is -0.348 e. The third-order valence-electron chi connectivity index (χ3n) is 4.71. The third-order valence-corrected chi connectivity index (χ3v) is 4.71. The van der Waals surface area contributed by atoms with Crippen molar-refractivity contribution in [2.75, 3.05) is 26.2 Å². The average Bonchev–Trinajstić information content (AvgIpc) is 2.87. The van der Waals surface area contributed by atoms with Crippen LogP contribution in [0.4, 0.5) is 4.39 Å². The number of hydrogen-bond acceptors (Lipinski definition) is 3. The summed E-state index contributed by atoms with van der Waals surface area (Å²) in [6.45, 7) is 9.07. The summed E-state index contributed by atoms with van der Waals surface area (Å²) in [4.78, 5) is 14.6. The lowest BCUT2D eigenvalue weighted by molar-refractivity contribution is -0.123. The predicted molar refractivity (Wildman–Crippen MR) is 97.6 cm³/mol. The van der Waals surface area contributed by atoms with E-state index in [1.165, 1.54) is 12.1 Å². The van der Waals surface area contributed by atoms with Crippen LogP contribution < -0.4 is 11.1 Å². The Morgan fingerprint density at radius 1 is 1.38 bits per heavy atom. The molecule has 0 aromatic heterocycles. The maximum atomic E-state index is 13.1. The summed E-state index contributed by atoms with van der Waals surface area (Å²) in [5.41, 5.74) is 6.86. The minimum atomic E-state index is -0.263. The zero-order valence-electron chi connectivity index (χ0n) is 14.7. The Morgan fingerprint density at radius 3 is 2.50 bits per heavy atom. The Kier molecular flexibility index (Phi) is 7.64. The summed E-state index contributed by atoms with van der Waals surface area (Å²) >= 11 is 0. The SMILES string of the molecule is CC(C)C(NC(=O)CN1CCC(C)(CN)C1)c1ccc(F)cc1.Cl. The first-order chi connectivity index (χ1) is 10.8. The quantitative estimate of drug-likeness (QED) is 0.823. The first kappa shape index (κ1) is 20.9. The van der Waals surface area contributed by atoms with Crippen LogP contribution in [0.1, 0.15) is 38.8 Å². The van der Waals surface area contributed by atoms with Crippen LogP contribution >= 0.6 is 12.4 Å². The van der Waals surface area contributed by atoms with Crippen LogP contribution in [-0.4, -0.2) is 37.0 Å². The molecule has 1 aromatic carbocycles. The van der Waals surface area contributed by atoms with Gasteiger partial charge in [0.1, 0.15) is 5.82 Å². The van der Waals surface area contributed by atoms with Gasteiger partial charge < -0.3 is 11.1 Å². The van der Waals surface area contributed by atoms with Gasteiger partial charge in [0.05, 0.1) is 12.6 Å². The fraction of sp³-hybridized carbons (Fsp3) is 0.611. The number of nitrogens with zero attached hydrogens (tertiary/aromatic N) is 1. The molecular weight excluding hydrogens is 329 g/mol. The van der Waals surface area contributed by atoms with Crippen molar-refractivity contribution in [3.63, 3.8) is 0 Å². The minimum absolute atomic E-state index is 0. The van der Waals surface area contributed by atoms with E-state index in [0.29, 0.717) is 13.1 Å². The number of hydrogen-bond donors (Lipinski definition) is 2. The van der Waals surface area contributed by atoms with E-state index in [4.69, 9.17) is 5.73 Å². The number of rotatable bonds is 6. The summed E-state index contributed by atoms with van der Waals surface area (Å²) in [5.74, 6) is -0.0210. The molecule has 2 unspecified atom stereocenters. The van der Waals surface area contributed by atoms with Gasteiger partial charge in [0.2, 0.25) is 5.91 Å². The van der Waals surface area contributed by atoms with Crippen molar-refractivity contribution in [3.8, 4) is 0 Å². The van der Waals surface area contributed by atoms with E-state index >= 15 is 0 Å². The van der Waals surface area contributed by atoms with Crippen LogP contribution in [0, 0.1) is 17.2 Å². The van der Waals surface area contributed by atoms with E-state index in [0.717, 1.165) is 25.1 Å². The van der Waals surface area contributed by atoms with Crippen LogP contribution in [0.25, 0.3) is 0 Å². The van der Waals surface area contributed by atoms with Gasteiger partial charge in [-0.05, 0) is 48.5 Å². The molecule has 1 amide bonds. The molecule has 0 radical (unpaired) electrons. The normalized spacial score (nSPS) is 22.2. The van der Waals surface area contributed by atoms with Crippen molar-refractivity contribution >= 4 is 18.3 Å². The maximum absolute atomic E-state index is 13.1. The van der Waals surface area contributed by atoms with Crippen LogP contribution in [-0.2, 0) is 4.79 Å². The first-order valence-corrected chi connectivity index (χ1v) is 8.30. The number of halogens is 2. The summed E-state index contributed by atoms with van der Waals surface area (Å²) < 4.78 is 13.1. The standard InChI is InChI=1S/C18H28FN3O.ClH/c1-13(2)17(14-4-6-15(19)7-5-14)21-16(23)10-22-9-8-18(3,11-20)12-22;/h4-7,13,17H,8-12,20H2,1-3H3,(H,21,23);1H. The highest BCUT2D eigenvalue weighted by Gasteiger charge is 2.33. The van der Waals surface area contributed by atoms with Gasteiger partial charge in [0.25, 0.3) is 0 Å². The van der Waals surface area contributed by atoms with Crippen molar-refractivity contribution in [1.82, 2.24) is 10.2 Å². The molecule has 6 heteroatoms. The largest absolute Gasteiger partial charge is 0.348 e. The lowest BCUT2D eigenvalue weighted by atomic mass is 9.90. The molecule has 0 aliphatic carbocycles. The van der Waals surface area contributed by atoms with E-state index in [1.807, 2.05) is 0 Å². The zero-order valence-corrected chi connectivity index (χ0v) is 15.5. The van der Waals surface area contributed by atoms with Crippen molar-refractivity contribution in [1.29, 1.82) is 0 Å². The Labute approximate surface area is 150 Å². The Bertz CT molecular complexity index is 538. The molecule has 2 atom stereocenters. The van der Waals surface area contributed by atoms with Crippen LogP contribution in [0.15, 0.2) is 24.3 Å². The van der Waals surface area contributed by atoms with E-state index < -0.39 is 0 Å². The monoisotopic (exact) mass is 357 g/mol. The fourth-order valence-corrected chi connectivity index (χ4v) is 3.15. The zero-order chi connectivity index (χ0) is 17.0. The van der Waals surface area contributed by atoms with Crippen LogP contribution in [0.3, 0.4) is 0 Å². The molecule has 1 heterocycles. The third kappa shape index (κ3) is 5.43. The second-order valence-corrected chi connectivity index (χ2v) is 7.32. The fourth-order valence-electron chi connectivity index (χ4n) is 3.15. The van der Waals surface area contributed by atoms with E-state index in [9.17, 15) is 9.18 Å². The molecule has 1 aliphatic rings. The number of likely N-dealkylation sites (tertiary alicyclic amines) is 1. The summed E-state index contributed by atoms with van der Waals surface area (Å²) in [6.07, 6.45) is 1.03. The molecule has 0 bridgehead atoms. The smallest absolute Gasteiger partial charge is 0.234 e. The highest BCUT2D eigenvalue weighted by Crippen LogP contribution is 2.28. The van der Waals surface area contributed by atoms with Gasteiger partial charge in [-0.2, -0.15) is 0 Å². The van der Waals surface area contributed by atoms with Gasteiger partial charge in [-0.25, -0.2) is 4.39 Å². The Hall–Kier alpha value is -1.17. The molecular formula is C18H29ClFN3O. The van der Waals surface area contributed by atoms with E-state index in [2.05, 4.69) is 31.0 Å². The maximum Gasteiger partial charge on any atom is 0.234 e. The molecule has 0 saturated carbocycles. The van der Waals surface area contributed by atoms with E-state index in [-0.39, 0.29) is 41.5 Å². The van der Waals surface area contributed by atoms with Gasteiger partial charge in [-0.1, -0.05) is 32.9 Å². The molecule has 136 valence electrons. The highest BCUT2D eigenvalue weighted by atomic mass is 35.5. The lowest BCUT2D eigenvalue weighted by Crippen LogP contribution is -2.40. The number of amides is 1. The summed E-state index contributed by atoms with van der Waals surface area (Å²) in [7, 11) is 0. The van der Waals surface area contributed by atoms with Crippen molar-refractivity contribution in [3.05, 3.63) is 35.6 Å². The first-order valence-electron chi connectivity index (χ1n) is 8.30. The van der Waals surface area contributed by atoms with Crippen molar-refractivity contribution in [2.24, 2.45) is 17.1 Å². The highest BCUT2D eigenvalue weighted by molar-refractivity contribution is 5.85. The molecule has 2 rings (SSSR count).